The molecule has 0 spiro atoms. The van der Waals surface area contributed by atoms with Gasteiger partial charge in [0.2, 0.25) is 5.91 Å². The zero-order valence-electron chi connectivity index (χ0n) is 19.6. The first-order chi connectivity index (χ1) is 15.3. The molecule has 2 aromatic rings. The third-order valence-corrected chi connectivity index (χ3v) is 5.83. The van der Waals surface area contributed by atoms with Crippen LogP contribution in [0.4, 0.5) is 5.69 Å². The molecular formula is C26H34N2O4. The zero-order valence-corrected chi connectivity index (χ0v) is 19.6. The van der Waals surface area contributed by atoms with Gasteiger partial charge >= 0.3 is 0 Å². The summed E-state index contributed by atoms with van der Waals surface area (Å²) in [5.74, 6) is 0.793. The summed E-state index contributed by atoms with van der Waals surface area (Å²) in [5, 5.41) is 2.98. The first kappa shape index (κ1) is 23.8. The van der Waals surface area contributed by atoms with Crippen molar-refractivity contribution >= 4 is 17.5 Å². The van der Waals surface area contributed by atoms with Crippen LogP contribution in [-0.4, -0.2) is 49.6 Å². The number of anilines is 1. The van der Waals surface area contributed by atoms with E-state index in [4.69, 9.17) is 9.47 Å². The molecule has 2 aromatic carbocycles. The zero-order chi connectivity index (χ0) is 23.1. The van der Waals surface area contributed by atoms with Crippen LogP contribution in [-0.2, 0) is 9.53 Å². The Hall–Kier alpha value is -2.86. The number of nitrogens with zero attached hydrogens (tertiary/aromatic N) is 1. The van der Waals surface area contributed by atoms with Gasteiger partial charge in [-0.05, 0) is 62.1 Å². The average Bonchev–Trinajstić information content (AvgIpc) is 2.79. The van der Waals surface area contributed by atoms with Gasteiger partial charge in [0, 0.05) is 29.8 Å². The van der Waals surface area contributed by atoms with Crippen LogP contribution in [0.5, 0.6) is 5.75 Å². The van der Waals surface area contributed by atoms with Crippen LogP contribution in [0.3, 0.4) is 0 Å². The molecule has 1 N–H and O–H groups in total. The number of morpholine rings is 1. The number of benzene rings is 2. The number of rotatable bonds is 8. The lowest BCUT2D eigenvalue weighted by molar-refractivity contribution is -0.124. The number of hydrogen-bond acceptors (Lipinski definition) is 4. The molecule has 1 fully saturated rings. The molecule has 32 heavy (non-hydrogen) atoms. The van der Waals surface area contributed by atoms with Gasteiger partial charge in [-0.3, -0.25) is 9.59 Å². The van der Waals surface area contributed by atoms with E-state index in [9.17, 15) is 9.59 Å². The van der Waals surface area contributed by atoms with Gasteiger partial charge in [-0.2, -0.15) is 0 Å². The van der Waals surface area contributed by atoms with Crippen molar-refractivity contribution in [2.75, 3.05) is 38.2 Å². The van der Waals surface area contributed by atoms with Gasteiger partial charge in [-0.15, -0.1) is 0 Å². The number of ether oxygens (including phenoxy) is 2. The minimum Gasteiger partial charge on any atom is -0.493 e. The molecular weight excluding hydrogens is 404 g/mol. The van der Waals surface area contributed by atoms with Crippen LogP contribution in [0.15, 0.2) is 42.5 Å². The lowest BCUT2D eigenvalue weighted by Gasteiger charge is -2.27. The summed E-state index contributed by atoms with van der Waals surface area (Å²) < 4.78 is 11.2. The minimum atomic E-state index is -0.560. The van der Waals surface area contributed by atoms with Crippen molar-refractivity contribution in [3.8, 4) is 5.75 Å². The molecule has 2 amide bonds. The van der Waals surface area contributed by atoms with E-state index in [0.717, 1.165) is 17.7 Å². The average molecular weight is 439 g/mol. The van der Waals surface area contributed by atoms with Crippen LogP contribution < -0.4 is 10.1 Å². The Morgan fingerprint density at radius 2 is 1.84 bits per heavy atom. The highest BCUT2D eigenvalue weighted by molar-refractivity contribution is 5.98. The second-order valence-electron chi connectivity index (χ2n) is 9.04. The number of nitrogens with one attached hydrogen (secondary N) is 1. The molecule has 0 aromatic heterocycles. The van der Waals surface area contributed by atoms with Crippen molar-refractivity contribution in [3.63, 3.8) is 0 Å². The fourth-order valence-electron chi connectivity index (χ4n) is 3.65. The number of carbonyl (C=O) groups is 2. The van der Waals surface area contributed by atoms with Crippen LogP contribution in [0.2, 0.25) is 0 Å². The number of amides is 2. The first-order valence-electron chi connectivity index (χ1n) is 11.2. The van der Waals surface area contributed by atoms with E-state index in [-0.39, 0.29) is 11.8 Å². The van der Waals surface area contributed by atoms with Crippen molar-refractivity contribution < 1.29 is 19.1 Å². The lowest BCUT2D eigenvalue weighted by atomic mass is 9.87. The summed E-state index contributed by atoms with van der Waals surface area (Å²) in [5.41, 5.74) is 2.92. The van der Waals surface area contributed by atoms with E-state index >= 15 is 0 Å². The fourth-order valence-corrected chi connectivity index (χ4v) is 3.65. The molecule has 0 atom stereocenters. The summed E-state index contributed by atoms with van der Waals surface area (Å²) in [6.45, 7) is 10.8. The molecule has 0 unspecified atom stereocenters. The van der Waals surface area contributed by atoms with Crippen molar-refractivity contribution in [1.29, 1.82) is 0 Å². The van der Waals surface area contributed by atoms with Crippen molar-refractivity contribution in [2.45, 2.75) is 40.5 Å². The summed E-state index contributed by atoms with van der Waals surface area (Å²) >= 11 is 0. The Balaban J connectivity index is 1.52. The molecule has 1 saturated heterocycles. The number of aryl methyl sites for hydroxylation is 2. The predicted octanol–water partition coefficient (Wildman–Crippen LogP) is 4.60. The highest BCUT2D eigenvalue weighted by Gasteiger charge is 2.27. The largest absolute Gasteiger partial charge is 0.493 e. The molecule has 0 radical (unpaired) electrons. The molecule has 6 heteroatoms. The van der Waals surface area contributed by atoms with Gasteiger partial charge in [-0.1, -0.05) is 32.0 Å². The highest BCUT2D eigenvalue weighted by atomic mass is 16.5. The SMILES string of the molecule is Cc1ccc(C)c(OCCCC(C)(C)C(=O)Nc2cccc(C(=O)N3CCOCC3)c2)c1. The summed E-state index contributed by atoms with van der Waals surface area (Å²) in [6.07, 6.45) is 1.46. The predicted molar refractivity (Wildman–Crippen MR) is 126 cm³/mol. The first-order valence-corrected chi connectivity index (χ1v) is 11.2. The van der Waals surface area contributed by atoms with E-state index in [1.807, 2.05) is 39.8 Å². The highest BCUT2D eigenvalue weighted by Crippen LogP contribution is 2.26. The van der Waals surface area contributed by atoms with E-state index in [1.165, 1.54) is 5.56 Å². The summed E-state index contributed by atoms with van der Waals surface area (Å²) in [4.78, 5) is 27.4. The quantitative estimate of drug-likeness (QED) is 0.612. The maximum absolute atomic E-state index is 12.9. The second-order valence-corrected chi connectivity index (χ2v) is 9.04. The van der Waals surface area contributed by atoms with Crippen LogP contribution in [0, 0.1) is 19.3 Å². The number of hydrogen-bond donors (Lipinski definition) is 1. The van der Waals surface area contributed by atoms with E-state index in [0.29, 0.717) is 50.6 Å². The lowest BCUT2D eigenvalue weighted by Crippen LogP contribution is -2.40. The third-order valence-electron chi connectivity index (χ3n) is 5.83. The molecule has 1 aliphatic heterocycles. The molecule has 0 bridgehead atoms. The number of carbonyl (C=O) groups excluding carboxylic acids is 2. The molecule has 3 rings (SSSR count). The van der Waals surface area contributed by atoms with E-state index < -0.39 is 5.41 Å². The molecule has 0 aliphatic carbocycles. The van der Waals surface area contributed by atoms with Gasteiger partial charge in [0.05, 0.1) is 19.8 Å². The Morgan fingerprint density at radius 3 is 2.59 bits per heavy atom. The normalized spacial score (nSPS) is 14.2. The molecule has 1 heterocycles. The monoisotopic (exact) mass is 438 g/mol. The Morgan fingerprint density at radius 1 is 1.09 bits per heavy atom. The van der Waals surface area contributed by atoms with Gasteiger partial charge < -0.3 is 19.7 Å². The molecule has 0 saturated carbocycles. The fraction of sp³-hybridized carbons (Fsp3) is 0.462. The smallest absolute Gasteiger partial charge is 0.254 e. The Kier molecular flexibility index (Phi) is 7.91. The van der Waals surface area contributed by atoms with Crippen LogP contribution >= 0.6 is 0 Å². The van der Waals surface area contributed by atoms with Gasteiger partial charge in [-0.25, -0.2) is 0 Å². The van der Waals surface area contributed by atoms with E-state index in [2.05, 4.69) is 17.4 Å². The van der Waals surface area contributed by atoms with Crippen molar-refractivity contribution in [2.24, 2.45) is 5.41 Å². The van der Waals surface area contributed by atoms with Gasteiger partial charge in [0.25, 0.3) is 5.91 Å². The minimum absolute atomic E-state index is 0.0350. The van der Waals surface area contributed by atoms with Crippen molar-refractivity contribution in [1.82, 2.24) is 4.90 Å². The van der Waals surface area contributed by atoms with Gasteiger partial charge in [0.15, 0.2) is 0 Å². The maximum atomic E-state index is 12.9. The Bertz CT molecular complexity index is 949. The standard InChI is InChI=1S/C26H34N2O4/c1-19-9-10-20(2)23(17-19)32-14-6-11-26(3,4)25(30)27-22-8-5-7-21(18-22)24(29)28-12-15-31-16-13-28/h5,7-10,17-18H,6,11-16H2,1-4H3,(H,27,30). The van der Waals surface area contributed by atoms with Crippen LogP contribution in [0.25, 0.3) is 0 Å². The molecule has 6 nitrogen and oxygen atoms in total. The molecule has 172 valence electrons. The molecule has 1 aliphatic rings. The summed E-state index contributed by atoms with van der Waals surface area (Å²) in [7, 11) is 0. The van der Waals surface area contributed by atoms with Crippen molar-refractivity contribution in [3.05, 3.63) is 59.2 Å². The topological polar surface area (TPSA) is 67.9 Å². The Labute approximate surface area is 190 Å². The van der Waals surface area contributed by atoms with Crippen LogP contribution in [0.1, 0.15) is 48.2 Å². The second kappa shape index (κ2) is 10.6. The summed E-state index contributed by atoms with van der Waals surface area (Å²) in [6, 6.07) is 13.3. The van der Waals surface area contributed by atoms with Gasteiger partial charge in [0.1, 0.15) is 5.75 Å². The maximum Gasteiger partial charge on any atom is 0.254 e. The van der Waals surface area contributed by atoms with E-state index in [1.54, 1.807) is 23.1 Å². The third kappa shape index (κ3) is 6.33.